The third-order valence-corrected chi connectivity index (χ3v) is 6.97. The second-order valence-corrected chi connectivity index (χ2v) is 9.32. The third-order valence-electron chi connectivity index (χ3n) is 5.20. The first kappa shape index (κ1) is 24.1. The highest BCUT2D eigenvalue weighted by molar-refractivity contribution is 7.92. The lowest BCUT2D eigenvalue weighted by Gasteiger charge is -2.24. The average Bonchev–Trinajstić information content (AvgIpc) is 2.83. The minimum Gasteiger partial charge on any atom is -0.493 e. The highest BCUT2D eigenvalue weighted by atomic mass is 32.2. The summed E-state index contributed by atoms with van der Waals surface area (Å²) in [5, 5.41) is 2.78. The van der Waals surface area contributed by atoms with Crippen LogP contribution in [0.3, 0.4) is 0 Å². The van der Waals surface area contributed by atoms with Gasteiger partial charge in [-0.2, -0.15) is 0 Å². The van der Waals surface area contributed by atoms with Crippen LogP contribution in [0, 0.1) is 6.92 Å². The fourth-order valence-corrected chi connectivity index (χ4v) is 4.72. The van der Waals surface area contributed by atoms with E-state index in [4.69, 9.17) is 9.47 Å². The van der Waals surface area contributed by atoms with Crippen LogP contribution in [-0.4, -0.2) is 35.1 Å². The molecule has 0 radical (unpaired) electrons. The maximum atomic E-state index is 13.6. The van der Waals surface area contributed by atoms with Crippen molar-refractivity contribution in [2.45, 2.75) is 25.2 Å². The van der Waals surface area contributed by atoms with Crippen LogP contribution in [-0.2, 0) is 21.2 Å². The second-order valence-electron chi connectivity index (χ2n) is 7.46. The van der Waals surface area contributed by atoms with E-state index in [1.54, 1.807) is 36.4 Å². The molecule has 3 rings (SSSR count). The van der Waals surface area contributed by atoms with Gasteiger partial charge in [-0.05, 0) is 55.3 Å². The van der Waals surface area contributed by atoms with Gasteiger partial charge >= 0.3 is 0 Å². The zero-order valence-electron chi connectivity index (χ0n) is 19.2. The van der Waals surface area contributed by atoms with Crippen LogP contribution in [0.4, 0.5) is 11.4 Å². The fourth-order valence-electron chi connectivity index (χ4n) is 3.29. The van der Waals surface area contributed by atoms with E-state index in [1.807, 2.05) is 26.0 Å². The molecular weight excluding hydrogens is 440 g/mol. The summed E-state index contributed by atoms with van der Waals surface area (Å²) in [5.74, 6) is 0.235. The Labute approximate surface area is 195 Å². The van der Waals surface area contributed by atoms with Crippen LogP contribution < -0.4 is 19.1 Å². The number of aryl methyl sites for hydroxylation is 2. The molecule has 0 unspecified atom stereocenters. The Morgan fingerprint density at radius 1 is 0.909 bits per heavy atom. The molecule has 0 saturated heterocycles. The highest BCUT2D eigenvalue weighted by Gasteiger charge is 2.28. The molecule has 0 aliphatic heterocycles. The smallest absolute Gasteiger partial charge is 0.264 e. The molecule has 1 N–H and O–H groups in total. The molecule has 7 nitrogen and oxygen atoms in total. The first-order valence-corrected chi connectivity index (χ1v) is 11.9. The van der Waals surface area contributed by atoms with Gasteiger partial charge in [0.25, 0.3) is 10.0 Å². The van der Waals surface area contributed by atoms with E-state index < -0.39 is 22.5 Å². The second kappa shape index (κ2) is 10.4. The van der Waals surface area contributed by atoms with Crippen molar-refractivity contribution >= 4 is 27.3 Å². The fraction of sp³-hybridized carbons (Fsp3) is 0.240. The number of hydrogen-bond acceptors (Lipinski definition) is 5. The van der Waals surface area contributed by atoms with Gasteiger partial charge in [0.05, 0.1) is 24.8 Å². The zero-order valence-corrected chi connectivity index (χ0v) is 20.0. The number of nitrogens with zero attached hydrogens (tertiary/aromatic N) is 1. The monoisotopic (exact) mass is 468 g/mol. The average molecular weight is 469 g/mol. The molecule has 0 spiro atoms. The summed E-state index contributed by atoms with van der Waals surface area (Å²) in [6.07, 6.45) is 0.888. The van der Waals surface area contributed by atoms with Gasteiger partial charge in [-0.3, -0.25) is 9.10 Å². The summed E-state index contributed by atoms with van der Waals surface area (Å²) in [6.45, 7) is 3.56. The van der Waals surface area contributed by atoms with Gasteiger partial charge in [0.15, 0.2) is 11.5 Å². The molecule has 8 heteroatoms. The topological polar surface area (TPSA) is 84.9 Å². The molecule has 0 aromatic heterocycles. The van der Waals surface area contributed by atoms with Gasteiger partial charge < -0.3 is 14.8 Å². The lowest BCUT2D eigenvalue weighted by molar-refractivity contribution is -0.114. The molecule has 1 amide bonds. The number of carbonyl (C=O) groups excluding carboxylic acids is 1. The lowest BCUT2D eigenvalue weighted by Crippen LogP contribution is -2.38. The van der Waals surface area contributed by atoms with E-state index in [0.29, 0.717) is 17.1 Å². The van der Waals surface area contributed by atoms with Crippen molar-refractivity contribution < 1.29 is 22.7 Å². The quantitative estimate of drug-likeness (QED) is 0.503. The lowest BCUT2D eigenvalue weighted by atomic mass is 10.1. The molecule has 0 bridgehead atoms. The normalized spacial score (nSPS) is 11.0. The Morgan fingerprint density at radius 3 is 2.12 bits per heavy atom. The number of anilines is 2. The molecule has 0 aliphatic carbocycles. The molecule has 3 aromatic rings. The van der Waals surface area contributed by atoms with Crippen molar-refractivity contribution in [1.82, 2.24) is 0 Å². The molecule has 174 valence electrons. The van der Waals surface area contributed by atoms with Crippen LogP contribution in [0.25, 0.3) is 0 Å². The highest BCUT2D eigenvalue weighted by Crippen LogP contribution is 2.32. The van der Waals surface area contributed by atoms with Gasteiger partial charge in [0.1, 0.15) is 6.54 Å². The molecule has 0 aliphatic rings. The molecule has 3 aromatic carbocycles. The van der Waals surface area contributed by atoms with Gasteiger partial charge in [0, 0.05) is 11.8 Å². The van der Waals surface area contributed by atoms with Crippen molar-refractivity contribution in [3.63, 3.8) is 0 Å². The van der Waals surface area contributed by atoms with Crippen molar-refractivity contribution in [3.8, 4) is 11.5 Å². The van der Waals surface area contributed by atoms with Crippen molar-refractivity contribution in [1.29, 1.82) is 0 Å². The largest absolute Gasteiger partial charge is 0.493 e. The SMILES string of the molecule is CCc1ccc(NC(=O)CN(c2ccc(C)cc2)S(=O)(=O)c2ccc(OC)c(OC)c2)cc1. The Hall–Kier alpha value is -3.52. The number of hydrogen-bond donors (Lipinski definition) is 1. The predicted molar refractivity (Wildman–Crippen MR) is 130 cm³/mol. The van der Waals surface area contributed by atoms with E-state index in [2.05, 4.69) is 5.32 Å². The van der Waals surface area contributed by atoms with Crippen LogP contribution in [0.1, 0.15) is 18.1 Å². The molecule has 0 saturated carbocycles. The number of methoxy groups -OCH3 is 2. The third kappa shape index (κ3) is 5.64. The van der Waals surface area contributed by atoms with Crippen molar-refractivity contribution in [2.24, 2.45) is 0 Å². The van der Waals surface area contributed by atoms with E-state index in [-0.39, 0.29) is 10.6 Å². The number of sulfonamides is 1. The molecule has 33 heavy (non-hydrogen) atoms. The Morgan fingerprint density at radius 2 is 1.55 bits per heavy atom. The molecule has 0 atom stereocenters. The van der Waals surface area contributed by atoms with Crippen molar-refractivity contribution in [2.75, 3.05) is 30.4 Å². The number of rotatable bonds is 9. The van der Waals surface area contributed by atoms with Gasteiger partial charge in [0.2, 0.25) is 5.91 Å². The van der Waals surface area contributed by atoms with E-state index in [0.717, 1.165) is 21.9 Å². The number of ether oxygens (including phenoxy) is 2. The summed E-state index contributed by atoms with van der Waals surface area (Å²) >= 11 is 0. The van der Waals surface area contributed by atoms with Gasteiger partial charge in [-0.15, -0.1) is 0 Å². The number of amides is 1. The Bertz CT molecular complexity index is 1210. The number of nitrogens with one attached hydrogen (secondary N) is 1. The summed E-state index contributed by atoms with van der Waals surface area (Å²) in [4.78, 5) is 12.8. The Kier molecular flexibility index (Phi) is 7.60. The van der Waals surface area contributed by atoms with E-state index in [9.17, 15) is 13.2 Å². The summed E-state index contributed by atoms with van der Waals surface area (Å²) in [7, 11) is -1.18. The zero-order chi connectivity index (χ0) is 24.0. The van der Waals surface area contributed by atoms with E-state index in [1.165, 1.54) is 32.4 Å². The number of benzene rings is 3. The maximum Gasteiger partial charge on any atom is 0.264 e. The van der Waals surface area contributed by atoms with Crippen LogP contribution >= 0.6 is 0 Å². The van der Waals surface area contributed by atoms with Gasteiger partial charge in [-0.1, -0.05) is 36.8 Å². The van der Waals surface area contributed by atoms with Crippen molar-refractivity contribution in [3.05, 3.63) is 77.9 Å². The van der Waals surface area contributed by atoms with Crippen LogP contribution in [0.15, 0.2) is 71.6 Å². The molecule has 0 heterocycles. The minimum absolute atomic E-state index is 0.0131. The standard InChI is InChI=1S/C25H28N2O5S/c1-5-19-8-10-20(11-9-19)26-25(28)17-27(21-12-6-18(2)7-13-21)33(29,30)22-14-15-23(31-3)24(16-22)32-4/h6-16H,5,17H2,1-4H3,(H,26,28). The van der Waals surface area contributed by atoms with Crippen LogP contribution in [0.5, 0.6) is 11.5 Å². The first-order valence-electron chi connectivity index (χ1n) is 10.5. The van der Waals surface area contributed by atoms with E-state index >= 15 is 0 Å². The number of carbonyl (C=O) groups is 1. The maximum absolute atomic E-state index is 13.6. The summed E-state index contributed by atoms with van der Waals surface area (Å²) in [6, 6.07) is 18.7. The molecule has 0 fully saturated rings. The van der Waals surface area contributed by atoms with Crippen LogP contribution in [0.2, 0.25) is 0 Å². The first-order chi connectivity index (χ1) is 15.8. The predicted octanol–water partition coefficient (Wildman–Crippen LogP) is 4.41. The minimum atomic E-state index is -4.09. The summed E-state index contributed by atoms with van der Waals surface area (Å²) in [5.41, 5.74) is 3.10. The Balaban J connectivity index is 1.95. The van der Waals surface area contributed by atoms with Gasteiger partial charge in [-0.25, -0.2) is 8.42 Å². The molecular formula is C25H28N2O5S. The summed E-state index contributed by atoms with van der Waals surface area (Å²) < 4.78 is 38.8.